The maximum Gasteiger partial charge on any atom is 0.292 e. The number of amides is 1. The molecule has 1 aromatic carbocycles. The van der Waals surface area contributed by atoms with Gasteiger partial charge in [0.2, 0.25) is 0 Å². The van der Waals surface area contributed by atoms with E-state index in [-0.39, 0.29) is 12.4 Å². The minimum Gasteiger partial charge on any atom is -0.493 e. The number of hydrogen-bond donors (Lipinski definition) is 1. The molecular weight excluding hydrogens is 334 g/mol. The predicted molar refractivity (Wildman–Crippen MR) is 92.9 cm³/mol. The highest BCUT2D eigenvalue weighted by atomic mass is 16.5. The molecule has 2 heterocycles. The standard InChI is InChI=1S/C19H15N3O4/c1-24-16-7-4-10-21-18(16)22-19(23)17-9-8-14(26-17)12-25-15-6-3-2-5-13(15)11-20/h2-10H,12H2,1H3,(H,21,22,23). The summed E-state index contributed by atoms with van der Waals surface area (Å²) in [5, 5.41) is 11.7. The summed E-state index contributed by atoms with van der Waals surface area (Å²) in [6.07, 6.45) is 1.55. The molecule has 2 aromatic heterocycles. The van der Waals surface area contributed by atoms with Crippen molar-refractivity contribution in [2.45, 2.75) is 6.61 Å². The maximum absolute atomic E-state index is 12.3. The van der Waals surface area contributed by atoms with E-state index in [1.807, 2.05) is 0 Å². The second-order valence-corrected chi connectivity index (χ2v) is 5.17. The van der Waals surface area contributed by atoms with Crippen LogP contribution >= 0.6 is 0 Å². The van der Waals surface area contributed by atoms with Gasteiger partial charge in [0.25, 0.3) is 5.91 Å². The fraction of sp³-hybridized carbons (Fsp3) is 0.105. The minimum atomic E-state index is -0.453. The molecule has 0 spiro atoms. The van der Waals surface area contributed by atoms with Gasteiger partial charge in [-0.05, 0) is 36.4 Å². The van der Waals surface area contributed by atoms with Crippen molar-refractivity contribution in [2.24, 2.45) is 0 Å². The second-order valence-electron chi connectivity index (χ2n) is 5.17. The number of ether oxygens (including phenoxy) is 2. The first kappa shape index (κ1) is 17.0. The lowest BCUT2D eigenvalue weighted by Gasteiger charge is -2.07. The van der Waals surface area contributed by atoms with Gasteiger partial charge in [0, 0.05) is 6.20 Å². The van der Waals surface area contributed by atoms with Crippen molar-refractivity contribution in [2.75, 3.05) is 12.4 Å². The Balaban J connectivity index is 1.66. The van der Waals surface area contributed by atoms with Crippen LogP contribution in [0, 0.1) is 11.3 Å². The number of hydrogen-bond acceptors (Lipinski definition) is 6. The summed E-state index contributed by atoms with van der Waals surface area (Å²) in [5.74, 6) is 1.32. The van der Waals surface area contributed by atoms with E-state index >= 15 is 0 Å². The first-order valence-corrected chi connectivity index (χ1v) is 7.72. The quantitative estimate of drug-likeness (QED) is 0.732. The number of aromatic nitrogens is 1. The van der Waals surface area contributed by atoms with Crippen LogP contribution in [0.3, 0.4) is 0 Å². The molecule has 7 heteroatoms. The van der Waals surface area contributed by atoms with Gasteiger partial charge in [0.15, 0.2) is 17.3 Å². The first-order valence-electron chi connectivity index (χ1n) is 7.72. The van der Waals surface area contributed by atoms with Crippen LogP contribution in [-0.2, 0) is 6.61 Å². The van der Waals surface area contributed by atoms with E-state index < -0.39 is 5.91 Å². The number of para-hydroxylation sites is 1. The number of furan rings is 1. The van der Waals surface area contributed by atoms with Crippen LogP contribution in [0.4, 0.5) is 5.82 Å². The lowest BCUT2D eigenvalue weighted by molar-refractivity contribution is 0.0991. The Morgan fingerprint density at radius 1 is 1.19 bits per heavy atom. The van der Waals surface area contributed by atoms with Gasteiger partial charge in [-0.2, -0.15) is 5.26 Å². The molecule has 3 rings (SSSR count). The number of nitrogens with one attached hydrogen (secondary N) is 1. The summed E-state index contributed by atoms with van der Waals surface area (Å²) < 4.78 is 16.2. The van der Waals surface area contributed by atoms with Crippen LogP contribution in [-0.4, -0.2) is 18.0 Å². The number of anilines is 1. The molecule has 0 saturated carbocycles. The third kappa shape index (κ3) is 3.82. The molecule has 0 fully saturated rings. The van der Waals surface area contributed by atoms with E-state index in [2.05, 4.69) is 16.4 Å². The predicted octanol–water partition coefficient (Wildman–Crippen LogP) is 3.39. The normalized spacial score (nSPS) is 10.0. The molecule has 130 valence electrons. The van der Waals surface area contributed by atoms with Crippen molar-refractivity contribution in [3.05, 3.63) is 71.8 Å². The average Bonchev–Trinajstić information content (AvgIpc) is 3.16. The highest BCUT2D eigenvalue weighted by molar-refractivity contribution is 6.02. The molecule has 0 saturated heterocycles. The van der Waals surface area contributed by atoms with Gasteiger partial charge in [-0.15, -0.1) is 0 Å². The Morgan fingerprint density at radius 3 is 2.81 bits per heavy atom. The zero-order chi connectivity index (χ0) is 18.4. The van der Waals surface area contributed by atoms with Crippen LogP contribution in [0.25, 0.3) is 0 Å². The average molecular weight is 349 g/mol. The van der Waals surface area contributed by atoms with Gasteiger partial charge >= 0.3 is 0 Å². The molecule has 1 N–H and O–H groups in total. The van der Waals surface area contributed by atoms with E-state index in [0.29, 0.717) is 28.6 Å². The molecule has 1 amide bonds. The molecule has 0 unspecified atom stereocenters. The third-order valence-corrected chi connectivity index (χ3v) is 3.49. The number of carbonyl (C=O) groups is 1. The summed E-state index contributed by atoms with van der Waals surface area (Å²) in [6.45, 7) is 0.0961. The smallest absolute Gasteiger partial charge is 0.292 e. The molecule has 0 aliphatic carbocycles. The number of benzene rings is 1. The van der Waals surface area contributed by atoms with Crippen molar-refractivity contribution >= 4 is 11.7 Å². The number of methoxy groups -OCH3 is 1. The van der Waals surface area contributed by atoms with E-state index in [1.54, 1.807) is 54.7 Å². The fourth-order valence-electron chi connectivity index (χ4n) is 2.23. The van der Waals surface area contributed by atoms with Crippen LogP contribution < -0.4 is 14.8 Å². The van der Waals surface area contributed by atoms with Gasteiger partial charge in [0.1, 0.15) is 24.2 Å². The van der Waals surface area contributed by atoms with Crippen LogP contribution in [0.15, 0.2) is 59.1 Å². The lowest BCUT2D eigenvalue weighted by atomic mass is 10.2. The monoisotopic (exact) mass is 349 g/mol. The lowest BCUT2D eigenvalue weighted by Crippen LogP contribution is -2.12. The van der Waals surface area contributed by atoms with Crippen molar-refractivity contribution in [1.29, 1.82) is 5.26 Å². The zero-order valence-corrected chi connectivity index (χ0v) is 13.9. The van der Waals surface area contributed by atoms with Crippen molar-refractivity contribution in [3.8, 4) is 17.6 Å². The summed E-state index contributed by atoms with van der Waals surface area (Å²) in [7, 11) is 1.49. The zero-order valence-electron chi connectivity index (χ0n) is 13.9. The minimum absolute atomic E-state index is 0.0961. The molecule has 3 aromatic rings. The van der Waals surface area contributed by atoms with Crippen LogP contribution in [0.5, 0.6) is 11.5 Å². The Kier molecular flexibility index (Phi) is 5.15. The molecule has 0 atom stereocenters. The Labute approximate surface area is 149 Å². The topological polar surface area (TPSA) is 97.4 Å². The molecule has 0 aliphatic rings. The number of nitrogens with zero attached hydrogens (tertiary/aromatic N) is 2. The van der Waals surface area contributed by atoms with Gasteiger partial charge in [0.05, 0.1) is 12.7 Å². The van der Waals surface area contributed by atoms with E-state index in [1.165, 1.54) is 7.11 Å². The van der Waals surface area contributed by atoms with E-state index in [0.717, 1.165) is 0 Å². The maximum atomic E-state index is 12.3. The SMILES string of the molecule is COc1cccnc1NC(=O)c1ccc(COc2ccccc2C#N)o1. The van der Waals surface area contributed by atoms with Gasteiger partial charge in [-0.1, -0.05) is 12.1 Å². The first-order chi connectivity index (χ1) is 12.7. The molecule has 7 nitrogen and oxygen atoms in total. The molecule has 0 aliphatic heterocycles. The van der Waals surface area contributed by atoms with Crippen molar-refractivity contribution in [3.63, 3.8) is 0 Å². The molecule has 0 bridgehead atoms. The highest BCUT2D eigenvalue weighted by Gasteiger charge is 2.15. The van der Waals surface area contributed by atoms with E-state index in [4.69, 9.17) is 19.2 Å². The number of carbonyl (C=O) groups excluding carboxylic acids is 1. The van der Waals surface area contributed by atoms with Gasteiger partial charge < -0.3 is 19.2 Å². The number of rotatable bonds is 6. The Hall–Kier alpha value is -3.79. The second kappa shape index (κ2) is 7.85. The molecule has 26 heavy (non-hydrogen) atoms. The van der Waals surface area contributed by atoms with Crippen LogP contribution in [0.1, 0.15) is 21.9 Å². The Morgan fingerprint density at radius 2 is 2.00 bits per heavy atom. The van der Waals surface area contributed by atoms with Crippen molar-refractivity contribution < 1.29 is 18.7 Å². The van der Waals surface area contributed by atoms with E-state index in [9.17, 15) is 4.79 Å². The van der Waals surface area contributed by atoms with Crippen LogP contribution in [0.2, 0.25) is 0 Å². The van der Waals surface area contributed by atoms with Crippen molar-refractivity contribution in [1.82, 2.24) is 4.98 Å². The fourth-order valence-corrected chi connectivity index (χ4v) is 2.23. The summed E-state index contributed by atoms with van der Waals surface area (Å²) in [5.41, 5.74) is 0.430. The largest absolute Gasteiger partial charge is 0.493 e. The van der Waals surface area contributed by atoms with Gasteiger partial charge in [-0.25, -0.2) is 4.98 Å². The summed E-state index contributed by atoms with van der Waals surface area (Å²) >= 11 is 0. The Bertz CT molecular complexity index is 959. The number of pyridine rings is 1. The summed E-state index contributed by atoms with van der Waals surface area (Å²) in [6, 6.07) is 15.5. The number of nitriles is 1. The van der Waals surface area contributed by atoms with Gasteiger partial charge in [-0.3, -0.25) is 4.79 Å². The third-order valence-electron chi connectivity index (χ3n) is 3.49. The summed E-state index contributed by atoms with van der Waals surface area (Å²) in [4.78, 5) is 16.3. The molecule has 0 radical (unpaired) electrons. The highest BCUT2D eigenvalue weighted by Crippen LogP contribution is 2.22. The molecular formula is C19H15N3O4.